The second kappa shape index (κ2) is 10.8. The lowest BCUT2D eigenvalue weighted by Crippen LogP contribution is -2.53. The van der Waals surface area contributed by atoms with Gasteiger partial charge in [0.05, 0.1) is 10.6 Å². The lowest BCUT2D eigenvalue weighted by molar-refractivity contribution is -0.135. The van der Waals surface area contributed by atoms with E-state index in [0.717, 1.165) is 32.5 Å². The highest BCUT2D eigenvalue weighted by molar-refractivity contribution is 6.33. The molecule has 1 aliphatic rings. The van der Waals surface area contributed by atoms with Crippen molar-refractivity contribution in [3.05, 3.63) is 34.9 Å². The van der Waals surface area contributed by atoms with E-state index in [1.54, 1.807) is 24.3 Å². The van der Waals surface area contributed by atoms with Gasteiger partial charge in [0.2, 0.25) is 5.91 Å². The van der Waals surface area contributed by atoms with Crippen LogP contribution in [0.4, 0.5) is 0 Å². The average molecular weight is 402 g/mol. The Morgan fingerprint density at radius 2 is 1.85 bits per heavy atom. The molecular weight excluding hydrogens is 373 g/mol. The molecule has 0 saturated carbocycles. The number of amides is 2. The fourth-order valence-corrected chi connectivity index (χ4v) is 3.44. The van der Waals surface area contributed by atoms with Crippen LogP contribution >= 0.6 is 24.0 Å². The van der Waals surface area contributed by atoms with Gasteiger partial charge in [-0.2, -0.15) is 0 Å². The molecule has 1 aromatic carbocycles. The van der Waals surface area contributed by atoms with Gasteiger partial charge >= 0.3 is 0 Å². The van der Waals surface area contributed by atoms with Crippen LogP contribution in [-0.2, 0) is 4.79 Å². The molecule has 0 aliphatic carbocycles. The summed E-state index contributed by atoms with van der Waals surface area (Å²) in [4.78, 5) is 27.3. The molecule has 7 heteroatoms. The van der Waals surface area contributed by atoms with Gasteiger partial charge in [0.15, 0.2) is 0 Å². The van der Waals surface area contributed by atoms with Crippen molar-refractivity contribution in [3.63, 3.8) is 0 Å². The van der Waals surface area contributed by atoms with Crippen molar-refractivity contribution >= 4 is 35.8 Å². The molecule has 5 nitrogen and oxygen atoms in total. The van der Waals surface area contributed by atoms with Crippen molar-refractivity contribution < 1.29 is 9.59 Å². The van der Waals surface area contributed by atoms with Crippen LogP contribution in [0.3, 0.4) is 0 Å². The third-order valence-corrected chi connectivity index (χ3v) is 5.09. The van der Waals surface area contributed by atoms with Crippen LogP contribution in [0.5, 0.6) is 0 Å². The van der Waals surface area contributed by atoms with E-state index in [4.69, 9.17) is 11.6 Å². The Labute approximate surface area is 167 Å². The van der Waals surface area contributed by atoms with Crippen LogP contribution in [-0.4, -0.2) is 49.4 Å². The van der Waals surface area contributed by atoms with Gasteiger partial charge < -0.3 is 15.5 Å². The summed E-state index contributed by atoms with van der Waals surface area (Å²) in [7, 11) is 1.95. The van der Waals surface area contributed by atoms with Crippen molar-refractivity contribution in [2.24, 2.45) is 11.8 Å². The Morgan fingerprint density at radius 3 is 2.38 bits per heavy atom. The average Bonchev–Trinajstić information content (AvgIpc) is 2.60. The maximum atomic E-state index is 12.9. The number of nitrogens with one attached hydrogen (secondary N) is 2. The zero-order chi connectivity index (χ0) is 18.4. The quantitative estimate of drug-likeness (QED) is 0.769. The Kier molecular flexibility index (Phi) is 9.41. The Hall–Kier alpha value is -1.30. The first-order valence-corrected chi connectivity index (χ1v) is 9.30. The van der Waals surface area contributed by atoms with Gasteiger partial charge in [-0.05, 0) is 50.4 Å². The van der Waals surface area contributed by atoms with Gasteiger partial charge in [0.1, 0.15) is 6.04 Å². The topological polar surface area (TPSA) is 61.4 Å². The van der Waals surface area contributed by atoms with Gasteiger partial charge in [-0.1, -0.05) is 37.6 Å². The van der Waals surface area contributed by atoms with Crippen molar-refractivity contribution in [1.29, 1.82) is 0 Å². The van der Waals surface area contributed by atoms with E-state index in [1.807, 2.05) is 25.8 Å². The molecule has 146 valence electrons. The number of hydrogen-bond donors (Lipinski definition) is 2. The van der Waals surface area contributed by atoms with Crippen LogP contribution in [0.2, 0.25) is 5.02 Å². The molecule has 2 amide bonds. The maximum Gasteiger partial charge on any atom is 0.253 e. The highest BCUT2D eigenvalue weighted by Crippen LogP contribution is 2.20. The number of likely N-dealkylation sites (tertiary alicyclic amines) is 1. The normalized spacial score (nSPS) is 16.1. The molecule has 1 aromatic rings. The molecule has 1 aliphatic heterocycles. The summed E-state index contributed by atoms with van der Waals surface area (Å²) < 4.78 is 0. The van der Waals surface area contributed by atoms with Crippen molar-refractivity contribution in [2.45, 2.75) is 32.7 Å². The predicted octanol–water partition coefficient (Wildman–Crippen LogP) is 2.97. The van der Waals surface area contributed by atoms with E-state index in [0.29, 0.717) is 16.5 Å². The molecule has 1 atom stereocenters. The standard InChI is InChI=1S/C19H28ClN3O2.ClH/c1-13(2)17(22-18(24)15-6-4-5-7-16(15)20)19(25)23-10-8-14(9-11-23)12-21-3;/h4-7,13-14,17,21H,8-12H2,1-3H3,(H,22,24);1H. The molecule has 0 aromatic heterocycles. The molecule has 0 spiro atoms. The minimum absolute atomic E-state index is 0. The second-order valence-electron chi connectivity index (χ2n) is 7.00. The van der Waals surface area contributed by atoms with E-state index in [1.165, 1.54) is 0 Å². The predicted molar refractivity (Wildman–Crippen MR) is 108 cm³/mol. The van der Waals surface area contributed by atoms with Crippen LogP contribution < -0.4 is 10.6 Å². The first-order chi connectivity index (χ1) is 11.9. The van der Waals surface area contributed by atoms with Gasteiger partial charge in [0, 0.05) is 13.1 Å². The molecule has 1 heterocycles. The third kappa shape index (κ3) is 5.86. The lowest BCUT2D eigenvalue weighted by atomic mass is 9.95. The first-order valence-electron chi connectivity index (χ1n) is 8.92. The number of halogens is 2. The minimum Gasteiger partial charge on any atom is -0.341 e. The van der Waals surface area contributed by atoms with Crippen molar-refractivity contribution in [2.75, 3.05) is 26.7 Å². The van der Waals surface area contributed by atoms with E-state index in [9.17, 15) is 9.59 Å². The van der Waals surface area contributed by atoms with Gasteiger partial charge in [-0.15, -0.1) is 12.4 Å². The number of benzene rings is 1. The Balaban J connectivity index is 0.00000338. The van der Waals surface area contributed by atoms with E-state index >= 15 is 0 Å². The van der Waals surface area contributed by atoms with Gasteiger partial charge in [0.25, 0.3) is 5.91 Å². The number of hydrogen-bond acceptors (Lipinski definition) is 3. The fourth-order valence-electron chi connectivity index (χ4n) is 3.22. The summed E-state index contributed by atoms with van der Waals surface area (Å²) in [5.74, 6) is 0.319. The van der Waals surface area contributed by atoms with Gasteiger partial charge in [-0.3, -0.25) is 9.59 Å². The number of rotatable bonds is 6. The second-order valence-corrected chi connectivity index (χ2v) is 7.41. The maximum absolute atomic E-state index is 12.9. The number of piperidine rings is 1. The largest absolute Gasteiger partial charge is 0.341 e. The van der Waals surface area contributed by atoms with Crippen LogP contribution in [0.15, 0.2) is 24.3 Å². The fraction of sp³-hybridized carbons (Fsp3) is 0.579. The summed E-state index contributed by atoms with van der Waals surface area (Å²) in [6, 6.07) is 6.35. The molecule has 2 N–H and O–H groups in total. The first kappa shape index (κ1) is 22.7. The van der Waals surface area contributed by atoms with Crippen LogP contribution in [0.25, 0.3) is 0 Å². The molecule has 1 saturated heterocycles. The molecule has 1 unspecified atom stereocenters. The smallest absolute Gasteiger partial charge is 0.253 e. The monoisotopic (exact) mass is 401 g/mol. The number of nitrogens with zero attached hydrogens (tertiary/aromatic N) is 1. The third-order valence-electron chi connectivity index (χ3n) is 4.76. The molecular formula is C19H29Cl2N3O2. The Morgan fingerprint density at radius 1 is 1.23 bits per heavy atom. The van der Waals surface area contributed by atoms with Gasteiger partial charge in [-0.25, -0.2) is 0 Å². The molecule has 1 fully saturated rings. The highest BCUT2D eigenvalue weighted by atomic mass is 35.5. The molecule has 26 heavy (non-hydrogen) atoms. The zero-order valence-electron chi connectivity index (χ0n) is 15.6. The SMILES string of the molecule is CNCC1CCN(C(=O)C(NC(=O)c2ccccc2Cl)C(C)C)CC1.Cl. The summed E-state index contributed by atoms with van der Waals surface area (Å²) in [5.41, 5.74) is 0.398. The van der Waals surface area contributed by atoms with E-state index in [2.05, 4.69) is 10.6 Å². The zero-order valence-corrected chi connectivity index (χ0v) is 17.2. The van der Waals surface area contributed by atoms with Crippen LogP contribution in [0, 0.1) is 11.8 Å². The summed E-state index contributed by atoms with van der Waals surface area (Å²) >= 11 is 6.09. The number of carbonyl (C=O) groups is 2. The summed E-state index contributed by atoms with van der Waals surface area (Å²) in [5, 5.41) is 6.47. The summed E-state index contributed by atoms with van der Waals surface area (Å²) in [6.45, 7) is 6.37. The Bertz CT molecular complexity index is 602. The molecule has 0 radical (unpaired) electrons. The van der Waals surface area contributed by atoms with E-state index < -0.39 is 6.04 Å². The number of carbonyl (C=O) groups excluding carboxylic acids is 2. The van der Waals surface area contributed by atoms with Crippen molar-refractivity contribution in [3.8, 4) is 0 Å². The minimum atomic E-state index is -0.537. The highest BCUT2D eigenvalue weighted by Gasteiger charge is 2.31. The van der Waals surface area contributed by atoms with E-state index in [-0.39, 0.29) is 30.1 Å². The summed E-state index contributed by atoms with van der Waals surface area (Å²) in [6.07, 6.45) is 1.99. The van der Waals surface area contributed by atoms with Crippen molar-refractivity contribution in [1.82, 2.24) is 15.5 Å². The molecule has 2 rings (SSSR count). The molecule has 0 bridgehead atoms. The lowest BCUT2D eigenvalue weighted by Gasteiger charge is -2.35. The van der Waals surface area contributed by atoms with Crippen LogP contribution in [0.1, 0.15) is 37.0 Å².